The Morgan fingerprint density at radius 1 is 1.38 bits per heavy atom. The van der Waals surface area contributed by atoms with E-state index in [0.717, 1.165) is 28.9 Å². The first kappa shape index (κ1) is 11.0. The molecule has 1 unspecified atom stereocenters. The highest BCUT2D eigenvalue weighted by molar-refractivity contribution is 5.78. The van der Waals surface area contributed by atoms with Crippen molar-refractivity contribution >= 4 is 5.57 Å². The van der Waals surface area contributed by atoms with E-state index in [-0.39, 0.29) is 6.10 Å². The maximum absolute atomic E-state index is 9.46. The van der Waals surface area contributed by atoms with Crippen molar-refractivity contribution in [2.75, 3.05) is 7.11 Å². The normalized spacial score (nSPS) is 19.4. The van der Waals surface area contributed by atoms with Crippen LogP contribution in [0.15, 0.2) is 42.5 Å². The molecular formula is C14H16O2. The fraction of sp³-hybridized carbons (Fsp3) is 0.286. The maximum atomic E-state index is 9.46. The van der Waals surface area contributed by atoms with E-state index in [4.69, 9.17) is 4.74 Å². The Morgan fingerprint density at radius 2 is 2.06 bits per heavy atom. The number of rotatable bonds is 3. The predicted molar refractivity (Wildman–Crippen MR) is 65.4 cm³/mol. The van der Waals surface area contributed by atoms with E-state index in [9.17, 15) is 5.11 Å². The van der Waals surface area contributed by atoms with Crippen LogP contribution in [0, 0.1) is 0 Å². The van der Waals surface area contributed by atoms with Crippen molar-refractivity contribution in [3.63, 3.8) is 0 Å². The number of aliphatic hydroxyl groups excluding tert-OH is 1. The fourth-order valence-corrected chi connectivity index (χ4v) is 1.92. The van der Waals surface area contributed by atoms with E-state index in [0.29, 0.717) is 6.42 Å². The van der Waals surface area contributed by atoms with Gasteiger partial charge in [0.2, 0.25) is 0 Å². The van der Waals surface area contributed by atoms with Crippen molar-refractivity contribution in [3.05, 3.63) is 48.1 Å². The average molecular weight is 216 g/mol. The van der Waals surface area contributed by atoms with E-state index in [2.05, 4.69) is 12.7 Å². The molecule has 0 heterocycles. The second-order valence-electron chi connectivity index (χ2n) is 4.03. The van der Waals surface area contributed by atoms with Crippen molar-refractivity contribution in [2.24, 2.45) is 0 Å². The van der Waals surface area contributed by atoms with Gasteiger partial charge in [0.25, 0.3) is 0 Å². The lowest BCUT2D eigenvalue weighted by atomic mass is 9.99. The Bertz CT molecular complexity index is 415. The number of allylic oxidation sites excluding steroid dienone is 1. The summed E-state index contributed by atoms with van der Waals surface area (Å²) in [6, 6.07) is 7.83. The molecule has 0 saturated heterocycles. The minimum atomic E-state index is -0.231. The zero-order chi connectivity index (χ0) is 11.5. The Kier molecular flexibility index (Phi) is 3.11. The highest BCUT2D eigenvalue weighted by atomic mass is 16.5. The summed E-state index contributed by atoms with van der Waals surface area (Å²) in [5.74, 6) is 0.844. The lowest BCUT2D eigenvalue weighted by Gasteiger charge is -2.08. The Morgan fingerprint density at radius 3 is 2.56 bits per heavy atom. The highest BCUT2D eigenvalue weighted by Crippen LogP contribution is 2.31. The quantitative estimate of drug-likeness (QED) is 0.841. The number of methoxy groups -OCH3 is 1. The van der Waals surface area contributed by atoms with Crippen molar-refractivity contribution in [1.29, 1.82) is 0 Å². The van der Waals surface area contributed by atoms with E-state index in [1.807, 2.05) is 24.3 Å². The third-order valence-corrected chi connectivity index (χ3v) is 2.92. The van der Waals surface area contributed by atoms with Gasteiger partial charge < -0.3 is 9.84 Å². The van der Waals surface area contributed by atoms with Gasteiger partial charge in [-0.15, -0.1) is 0 Å². The Balaban J connectivity index is 2.15. The zero-order valence-electron chi connectivity index (χ0n) is 9.44. The first-order valence-corrected chi connectivity index (χ1v) is 5.41. The molecule has 0 radical (unpaired) electrons. The van der Waals surface area contributed by atoms with Gasteiger partial charge in [0.1, 0.15) is 5.75 Å². The number of benzene rings is 1. The van der Waals surface area contributed by atoms with Crippen LogP contribution >= 0.6 is 0 Å². The SMILES string of the molecule is C=C(C1=CCC(O)C1)c1ccc(OC)cc1. The summed E-state index contributed by atoms with van der Waals surface area (Å²) in [6.45, 7) is 4.08. The first-order chi connectivity index (χ1) is 7.70. The molecule has 1 aromatic rings. The van der Waals surface area contributed by atoms with E-state index >= 15 is 0 Å². The summed E-state index contributed by atoms with van der Waals surface area (Å²) >= 11 is 0. The number of ether oxygens (including phenoxy) is 1. The van der Waals surface area contributed by atoms with Gasteiger partial charge in [-0.05, 0) is 41.7 Å². The molecule has 1 N–H and O–H groups in total. The predicted octanol–water partition coefficient (Wildman–Crippen LogP) is 2.79. The molecule has 2 heteroatoms. The summed E-state index contributed by atoms with van der Waals surface area (Å²) in [5.41, 5.74) is 3.23. The number of hydrogen-bond donors (Lipinski definition) is 1. The highest BCUT2D eigenvalue weighted by Gasteiger charge is 2.16. The molecule has 0 fully saturated rings. The molecule has 1 aromatic carbocycles. The van der Waals surface area contributed by atoms with Gasteiger partial charge in [-0.25, -0.2) is 0 Å². The van der Waals surface area contributed by atoms with Crippen LogP contribution < -0.4 is 4.74 Å². The molecule has 1 atom stereocenters. The summed E-state index contributed by atoms with van der Waals surface area (Å²) in [4.78, 5) is 0. The number of aliphatic hydroxyl groups is 1. The van der Waals surface area contributed by atoms with E-state index in [1.165, 1.54) is 0 Å². The summed E-state index contributed by atoms with van der Waals surface area (Å²) in [6.07, 6.45) is 3.29. The van der Waals surface area contributed by atoms with Crippen molar-refractivity contribution in [1.82, 2.24) is 0 Å². The molecule has 16 heavy (non-hydrogen) atoms. The second kappa shape index (κ2) is 4.54. The molecular weight excluding hydrogens is 200 g/mol. The molecule has 0 aromatic heterocycles. The van der Waals surface area contributed by atoms with Crippen molar-refractivity contribution in [2.45, 2.75) is 18.9 Å². The van der Waals surface area contributed by atoms with E-state index < -0.39 is 0 Å². The molecule has 0 bridgehead atoms. The average Bonchev–Trinajstić information content (AvgIpc) is 2.75. The molecule has 0 aliphatic heterocycles. The first-order valence-electron chi connectivity index (χ1n) is 5.41. The monoisotopic (exact) mass is 216 g/mol. The van der Waals surface area contributed by atoms with Crippen LogP contribution in [0.3, 0.4) is 0 Å². The zero-order valence-corrected chi connectivity index (χ0v) is 9.44. The molecule has 84 valence electrons. The van der Waals surface area contributed by atoms with Crippen LogP contribution in [0.1, 0.15) is 18.4 Å². The van der Waals surface area contributed by atoms with Crippen LogP contribution in [-0.4, -0.2) is 18.3 Å². The van der Waals surface area contributed by atoms with Crippen molar-refractivity contribution < 1.29 is 9.84 Å². The van der Waals surface area contributed by atoms with Crippen LogP contribution in [0.25, 0.3) is 5.57 Å². The van der Waals surface area contributed by atoms with Crippen LogP contribution in [-0.2, 0) is 0 Å². The summed E-state index contributed by atoms with van der Waals surface area (Å²) in [5, 5.41) is 9.46. The summed E-state index contributed by atoms with van der Waals surface area (Å²) < 4.78 is 5.11. The summed E-state index contributed by atoms with van der Waals surface area (Å²) in [7, 11) is 1.65. The lowest BCUT2D eigenvalue weighted by molar-refractivity contribution is 0.188. The topological polar surface area (TPSA) is 29.5 Å². The second-order valence-corrected chi connectivity index (χ2v) is 4.03. The molecule has 1 aliphatic carbocycles. The molecule has 0 amide bonds. The molecule has 1 aliphatic rings. The van der Waals surface area contributed by atoms with Gasteiger partial charge in [-0.2, -0.15) is 0 Å². The van der Waals surface area contributed by atoms with Crippen LogP contribution in [0.2, 0.25) is 0 Å². The third-order valence-electron chi connectivity index (χ3n) is 2.92. The van der Waals surface area contributed by atoms with Crippen molar-refractivity contribution in [3.8, 4) is 5.75 Å². The van der Waals surface area contributed by atoms with Gasteiger partial charge >= 0.3 is 0 Å². The standard InChI is InChI=1S/C14H16O2/c1-10(12-3-6-13(15)9-12)11-4-7-14(16-2)8-5-11/h3-5,7-8,13,15H,1,6,9H2,2H3. The van der Waals surface area contributed by atoms with Gasteiger partial charge in [0.05, 0.1) is 13.2 Å². The molecule has 0 saturated carbocycles. The van der Waals surface area contributed by atoms with Crippen LogP contribution in [0.5, 0.6) is 5.75 Å². The maximum Gasteiger partial charge on any atom is 0.118 e. The Labute approximate surface area is 95.9 Å². The van der Waals surface area contributed by atoms with Gasteiger partial charge in [-0.1, -0.05) is 24.8 Å². The largest absolute Gasteiger partial charge is 0.497 e. The van der Waals surface area contributed by atoms with E-state index in [1.54, 1.807) is 7.11 Å². The Hall–Kier alpha value is -1.54. The molecule has 0 spiro atoms. The van der Waals surface area contributed by atoms with Crippen LogP contribution in [0.4, 0.5) is 0 Å². The lowest BCUT2D eigenvalue weighted by Crippen LogP contribution is -1.99. The fourth-order valence-electron chi connectivity index (χ4n) is 1.92. The van der Waals surface area contributed by atoms with Gasteiger partial charge in [0.15, 0.2) is 0 Å². The molecule has 2 nitrogen and oxygen atoms in total. The van der Waals surface area contributed by atoms with Gasteiger partial charge in [-0.3, -0.25) is 0 Å². The third kappa shape index (κ3) is 2.17. The number of hydrogen-bond acceptors (Lipinski definition) is 2. The molecule has 2 rings (SSSR count). The smallest absolute Gasteiger partial charge is 0.118 e. The minimum Gasteiger partial charge on any atom is -0.497 e. The minimum absolute atomic E-state index is 0.231. The van der Waals surface area contributed by atoms with Gasteiger partial charge in [0, 0.05) is 0 Å².